The Balaban J connectivity index is 1.94. The van der Waals surface area contributed by atoms with E-state index in [1.54, 1.807) is 12.7 Å². The normalized spacial score (nSPS) is 21.8. The second-order valence-electron chi connectivity index (χ2n) is 6.75. The molecule has 2 atom stereocenters. The first kappa shape index (κ1) is 15.0. The fourth-order valence-electron chi connectivity index (χ4n) is 2.57. The van der Waals surface area contributed by atoms with Crippen molar-refractivity contribution < 1.29 is 4.79 Å². The van der Waals surface area contributed by atoms with E-state index in [0.717, 1.165) is 32.5 Å². The first-order chi connectivity index (χ1) is 9.38. The molecule has 0 saturated carbocycles. The Morgan fingerprint density at radius 1 is 1.50 bits per heavy atom. The number of nitrogens with two attached hydrogens (primary N) is 1. The highest BCUT2D eigenvalue weighted by atomic mass is 16.2. The van der Waals surface area contributed by atoms with Crippen molar-refractivity contribution in [3.63, 3.8) is 0 Å². The summed E-state index contributed by atoms with van der Waals surface area (Å²) in [7, 11) is 0. The Kier molecular flexibility index (Phi) is 4.42. The second-order valence-corrected chi connectivity index (χ2v) is 6.75. The van der Waals surface area contributed by atoms with Crippen LogP contribution in [-0.2, 0) is 11.3 Å². The van der Waals surface area contributed by atoms with Gasteiger partial charge in [0.1, 0.15) is 12.7 Å². The number of nitrogens with zero attached hydrogens (tertiary/aromatic N) is 4. The van der Waals surface area contributed by atoms with Crippen LogP contribution >= 0.6 is 0 Å². The number of amides is 1. The largest absolute Gasteiger partial charge is 0.341 e. The van der Waals surface area contributed by atoms with E-state index in [2.05, 4.69) is 10.1 Å². The van der Waals surface area contributed by atoms with Crippen LogP contribution in [-0.4, -0.2) is 44.7 Å². The predicted molar refractivity (Wildman–Crippen MR) is 76.8 cm³/mol. The van der Waals surface area contributed by atoms with Crippen LogP contribution in [0.2, 0.25) is 0 Å². The first-order valence-electron chi connectivity index (χ1n) is 7.24. The third-order valence-corrected chi connectivity index (χ3v) is 3.94. The fourth-order valence-corrected chi connectivity index (χ4v) is 2.57. The average molecular weight is 279 g/mol. The maximum Gasteiger partial charge on any atom is 0.240 e. The molecule has 0 aliphatic carbocycles. The number of hydrogen-bond donors (Lipinski definition) is 1. The van der Waals surface area contributed by atoms with Gasteiger partial charge in [0.05, 0.1) is 6.04 Å². The standard InChI is InChI=1S/C14H25N5O/c1-14(2,3)12(15)13(20)18-6-4-5-11(7-18)8-19-10-16-9-17-19/h9-12H,4-8,15H2,1-3H3/t11-,12+/m0/s1. The molecular weight excluding hydrogens is 254 g/mol. The zero-order chi connectivity index (χ0) is 14.8. The first-order valence-corrected chi connectivity index (χ1v) is 7.24. The smallest absolute Gasteiger partial charge is 0.240 e. The summed E-state index contributed by atoms with van der Waals surface area (Å²) >= 11 is 0. The van der Waals surface area contributed by atoms with Crippen LogP contribution in [0.3, 0.4) is 0 Å². The molecule has 6 heteroatoms. The van der Waals surface area contributed by atoms with E-state index in [1.807, 2.05) is 30.4 Å². The van der Waals surface area contributed by atoms with Gasteiger partial charge in [-0.2, -0.15) is 5.10 Å². The van der Waals surface area contributed by atoms with E-state index in [-0.39, 0.29) is 11.3 Å². The number of carbonyl (C=O) groups is 1. The molecule has 2 N–H and O–H groups in total. The lowest BCUT2D eigenvalue weighted by Crippen LogP contribution is -2.53. The van der Waals surface area contributed by atoms with Gasteiger partial charge in [0, 0.05) is 19.6 Å². The molecule has 0 bridgehead atoms. The second kappa shape index (κ2) is 5.91. The average Bonchev–Trinajstić information content (AvgIpc) is 2.89. The van der Waals surface area contributed by atoms with Crippen molar-refractivity contribution in [3.8, 4) is 0 Å². The molecule has 0 aromatic carbocycles. The number of likely N-dealkylation sites (tertiary alicyclic amines) is 1. The SMILES string of the molecule is CC(C)(C)[C@H](N)C(=O)N1CCC[C@H](Cn2cncn2)C1. The number of hydrogen-bond acceptors (Lipinski definition) is 4. The Bertz CT molecular complexity index is 437. The van der Waals surface area contributed by atoms with Gasteiger partial charge in [0.2, 0.25) is 5.91 Å². The number of aromatic nitrogens is 3. The van der Waals surface area contributed by atoms with E-state index in [1.165, 1.54) is 0 Å². The molecule has 0 radical (unpaired) electrons. The minimum Gasteiger partial charge on any atom is -0.341 e. The quantitative estimate of drug-likeness (QED) is 0.891. The van der Waals surface area contributed by atoms with Crippen molar-refractivity contribution in [2.75, 3.05) is 13.1 Å². The maximum atomic E-state index is 12.5. The van der Waals surface area contributed by atoms with Crippen LogP contribution in [0.4, 0.5) is 0 Å². The molecule has 1 aliphatic heterocycles. The zero-order valence-electron chi connectivity index (χ0n) is 12.6. The molecule has 0 unspecified atom stereocenters. The van der Waals surface area contributed by atoms with Crippen LogP contribution in [0.5, 0.6) is 0 Å². The highest BCUT2D eigenvalue weighted by molar-refractivity contribution is 5.82. The molecule has 1 amide bonds. The Labute approximate surface area is 120 Å². The molecular formula is C14H25N5O. The van der Waals surface area contributed by atoms with Gasteiger partial charge in [-0.3, -0.25) is 9.48 Å². The lowest BCUT2D eigenvalue weighted by atomic mass is 9.86. The molecule has 1 saturated heterocycles. The maximum absolute atomic E-state index is 12.5. The van der Waals surface area contributed by atoms with Crippen molar-refractivity contribution in [2.24, 2.45) is 17.1 Å². The summed E-state index contributed by atoms with van der Waals surface area (Å²) in [6.07, 6.45) is 5.42. The van der Waals surface area contributed by atoms with Gasteiger partial charge >= 0.3 is 0 Å². The third-order valence-electron chi connectivity index (χ3n) is 3.94. The molecule has 1 aromatic heterocycles. The lowest BCUT2D eigenvalue weighted by Gasteiger charge is -2.37. The summed E-state index contributed by atoms with van der Waals surface area (Å²) in [5, 5.41) is 4.13. The minimum absolute atomic E-state index is 0.0702. The molecule has 112 valence electrons. The van der Waals surface area contributed by atoms with Gasteiger partial charge < -0.3 is 10.6 Å². The van der Waals surface area contributed by atoms with E-state index in [9.17, 15) is 4.79 Å². The summed E-state index contributed by atoms with van der Waals surface area (Å²) in [5.74, 6) is 0.502. The molecule has 2 rings (SSSR count). The van der Waals surface area contributed by atoms with Crippen molar-refractivity contribution in [2.45, 2.75) is 46.2 Å². The highest BCUT2D eigenvalue weighted by Crippen LogP contribution is 2.23. The van der Waals surface area contributed by atoms with Crippen molar-refractivity contribution in [1.29, 1.82) is 0 Å². The number of carbonyl (C=O) groups excluding carboxylic acids is 1. The monoisotopic (exact) mass is 279 g/mol. The van der Waals surface area contributed by atoms with Gasteiger partial charge in [-0.05, 0) is 24.2 Å². The molecule has 1 aromatic rings. The topological polar surface area (TPSA) is 77.0 Å². The zero-order valence-corrected chi connectivity index (χ0v) is 12.6. The Morgan fingerprint density at radius 2 is 2.25 bits per heavy atom. The van der Waals surface area contributed by atoms with Gasteiger partial charge in [-0.25, -0.2) is 4.98 Å². The molecule has 2 heterocycles. The fraction of sp³-hybridized carbons (Fsp3) is 0.786. The van der Waals surface area contributed by atoms with Crippen LogP contribution in [0.15, 0.2) is 12.7 Å². The third kappa shape index (κ3) is 3.56. The molecule has 1 aliphatic rings. The predicted octanol–water partition coefficient (Wildman–Crippen LogP) is 0.890. The molecule has 1 fully saturated rings. The van der Waals surface area contributed by atoms with Crippen LogP contribution in [0, 0.1) is 11.3 Å². The van der Waals surface area contributed by atoms with Gasteiger partial charge in [-0.1, -0.05) is 20.8 Å². The van der Waals surface area contributed by atoms with Crippen LogP contribution in [0.1, 0.15) is 33.6 Å². The van der Waals surface area contributed by atoms with E-state index in [0.29, 0.717) is 5.92 Å². The number of rotatable bonds is 3. The summed E-state index contributed by atoms with van der Waals surface area (Å²) < 4.78 is 1.84. The lowest BCUT2D eigenvalue weighted by molar-refractivity contribution is -0.136. The molecule has 6 nitrogen and oxygen atoms in total. The summed E-state index contributed by atoms with van der Waals surface area (Å²) in [6, 6.07) is -0.437. The summed E-state index contributed by atoms with van der Waals surface area (Å²) in [4.78, 5) is 18.3. The van der Waals surface area contributed by atoms with Gasteiger partial charge in [0.15, 0.2) is 0 Å². The highest BCUT2D eigenvalue weighted by Gasteiger charge is 2.33. The van der Waals surface area contributed by atoms with E-state index >= 15 is 0 Å². The minimum atomic E-state index is -0.437. The van der Waals surface area contributed by atoms with Crippen molar-refractivity contribution in [3.05, 3.63) is 12.7 Å². The summed E-state index contributed by atoms with van der Waals surface area (Å²) in [5.41, 5.74) is 5.89. The summed E-state index contributed by atoms with van der Waals surface area (Å²) in [6.45, 7) is 8.42. The van der Waals surface area contributed by atoms with Gasteiger partial charge in [-0.15, -0.1) is 0 Å². The van der Waals surface area contributed by atoms with E-state index in [4.69, 9.17) is 5.73 Å². The van der Waals surface area contributed by atoms with Crippen LogP contribution < -0.4 is 5.73 Å². The van der Waals surface area contributed by atoms with Gasteiger partial charge in [0.25, 0.3) is 0 Å². The van der Waals surface area contributed by atoms with Crippen molar-refractivity contribution >= 4 is 5.91 Å². The van der Waals surface area contributed by atoms with E-state index < -0.39 is 6.04 Å². The Hall–Kier alpha value is -1.43. The van der Waals surface area contributed by atoms with Crippen LogP contribution in [0.25, 0.3) is 0 Å². The number of piperidine rings is 1. The molecule has 0 spiro atoms. The molecule has 20 heavy (non-hydrogen) atoms. The van der Waals surface area contributed by atoms with Crippen molar-refractivity contribution in [1.82, 2.24) is 19.7 Å². The Morgan fingerprint density at radius 3 is 2.85 bits per heavy atom.